The number of imidazole rings is 1. The lowest BCUT2D eigenvalue weighted by Gasteiger charge is -2.15. The van der Waals surface area contributed by atoms with Crippen molar-refractivity contribution in [2.75, 3.05) is 0 Å². The van der Waals surface area contributed by atoms with Crippen molar-refractivity contribution in [3.05, 3.63) is 46.5 Å². The molecule has 1 aromatic carbocycles. The molecule has 1 aromatic heterocycles. The van der Waals surface area contributed by atoms with Gasteiger partial charge in [-0.1, -0.05) is 22.0 Å². The van der Waals surface area contributed by atoms with E-state index < -0.39 is 0 Å². The summed E-state index contributed by atoms with van der Waals surface area (Å²) in [6.45, 7) is 2.48. The second-order valence-electron chi connectivity index (χ2n) is 5.28. The predicted octanol–water partition coefficient (Wildman–Crippen LogP) is 3.58. The van der Waals surface area contributed by atoms with Crippen LogP contribution in [0, 0.1) is 0 Å². The normalized spacial score (nSPS) is 16.1. The zero-order valence-corrected chi connectivity index (χ0v) is 13.0. The van der Waals surface area contributed by atoms with E-state index in [0.717, 1.165) is 21.5 Å². The van der Waals surface area contributed by atoms with Gasteiger partial charge >= 0.3 is 0 Å². The Kier molecular flexibility index (Phi) is 3.81. The minimum atomic E-state index is -0.0496. The molecule has 1 aliphatic rings. The molecule has 0 radical (unpaired) electrons. The number of nitrogens with zero attached hydrogens (tertiary/aromatic N) is 2. The standard InChI is InChI=1S/C15H18BrN3O/c1-10(17)14-5-2-11(16)6-15(14)20-8-13-7-18-9-19(13)12-3-4-12/h2,5-7,9-10,12H,3-4,8,17H2,1H3/t10-/m0/s1. The van der Waals surface area contributed by atoms with Crippen molar-refractivity contribution in [1.29, 1.82) is 0 Å². The maximum Gasteiger partial charge on any atom is 0.130 e. The maximum absolute atomic E-state index is 5.99. The van der Waals surface area contributed by atoms with Gasteiger partial charge in [0.2, 0.25) is 0 Å². The highest BCUT2D eigenvalue weighted by Crippen LogP contribution is 2.36. The van der Waals surface area contributed by atoms with E-state index in [-0.39, 0.29) is 6.04 Å². The van der Waals surface area contributed by atoms with E-state index in [1.54, 1.807) is 0 Å². The summed E-state index contributed by atoms with van der Waals surface area (Å²) >= 11 is 3.47. The first-order valence-corrected chi connectivity index (χ1v) is 7.63. The molecular weight excluding hydrogens is 318 g/mol. The molecule has 1 heterocycles. The predicted molar refractivity (Wildman–Crippen MR) is 81.6 cm³/mol. The summed E-state index contributed by atoms with van der Waals surface area (Å²) in [6.07, 6.45) is 6.25. The van der Waals surface area contributed by atoms with Crippen LogP contribution in [0.2, 0.25) is 0 Å². The first kappa shape index (κ1) is 13.6. The zero-order valence-electron chi connectivity index (χ0n) is 11.4. The quantitative estimate of drug-likeness (QED) is 0.908. The highest BCUT2D eigenvalue weighted by molar-refractivity contribution is 9.10. The molecule has 1 fully saturated rings. The van der Waals surface area contributed by atoms with Crippen molar-refractivity contribution in [1.82, 2.24) is 9.55 Å². The fourth-order valence-electron chi connectivity index (χ4n) is 2.29. The van der Waals surface area contributed by atoms with Gasteiger partial charge in [0.25, 0.3) is 0 Å². The van der Waals surface area contributed by atoms with Crippen LogP contribution < -0.4 is 10.5 Å². The van der Waals surface area contributed by atoms with Crippen molar-refractivity contribution in [2.45, 2.75) is 38.5 Å². The highest BCUT2D eigenvalue weighted by Gasteiger charge is 2.25. The Morgan fingerprint density at radius 3 is 3.00 bits per heavy atom. The summed E-state index contributed by atoms with van der Waals surface area (Å²) in [6, 6.07) is 6.52. The van der Waals surface area contributed by atoms with Crippen LogP contribution in [0.4, 0.5) is 0 Å². The Morgan fingerprint density at radius 1 is 1.50 bits per heavy atom. The van der Waals surface area contributed by atoms with Crippen molar-refractivity contribution in [2.24, 2.45) is 5.73 Å². The molecule has 5 heteroatoms. The fraction of sp³-hybridized carbons (Fsp3) is 0.400. The lowest BCUT2D eigenvalue weighted by molar-refractivity contribution is 0.290. The smallest absolute Gasteiger partial charge is 0.130 e. The van der Waals surface area contributed by atoms with E-state index in [1.807, 2.05) is 37.6 Å². The SMILES string of the molecule is C[C@H](N)c1ccc(Br)cc1OCc1cncn1C1CC1. The van der Waals surface area contributed by atoms with Gasteiger partial charge in [-0.2, -0.15) is 0 Å². The Balaban J connectivity index is 1.77. The van der Waals surface area contributed by atoms with E-state index in [4.69, 9.17) is 10.5 Å². The van der Waals surface area contributed by atoms with Crippen LogP contribution in [0.5, 0.6) is 5.75 Å². The minimum Gasteiger partial charge on any atom is -0.487 e. The zero-order chi connectivity index (χ0) is 14.1. The summed E-state index contributed by atoms with van der Waals surface area (Å²) in [5, 5.41) is 0. The lowest BCUT2D eigenvalue weighted by Crippen LogP contribution is -2.09. The summed E-state index contributed by atoms with van der Waals surface area (Å²) in [5.74, 6) is 0.831. The Bertz CT molecular complexity index is 605. The number of benzene rings is 1. The average molecular weight is 336 g/mol. The van der Waals surface area contributed by atoms with E-state index in [0.29, 0.717) is 12.6 Å². The summed E-state index contributed by atoms with van der Waals surface area (Å²) in [4.78, 5) is 4.22. The van der Waals surface area contributed by atoms with Gasteiger partial charge in [-0.05, 0) is 31.9 Å². The molecule has 106 valence electrons. The summed E-state index contributed by atoms with van der Waals surface area (Å²) in [5.41, 5.74) is 8.12. The largest absolute Gasteiger partial charge is 0.487 e. The summed E-state index contributed by atoms with van der Waals surface area (Å²) < 4.78 is 9.18. The van der Waals surface area contributed by atoms with Gasteiger partial charge in [0, 0.05) is 22.1 Å². The molecule has 0 bridgehead atoms. The lowest BCUT2D eigenvalue weighted by atomic mass is 10.1. The number of rotatable bonds is 5. The van der Waals surface area contributed by atoms with Gasteiger partial charge in [-0.3, -0.25) is 0 Å². The molecule has 1 atom stereocenters. The van der Waals surface area contributed by atoms with E-state index in [9.17, 15) is 0 Å². The molecule has 0 amide bonds. The van der Waals surface area contributed by atoms with Gasteiger partial charge < -0.3 is 15.0 Å². The molecule has 20 heavy (non-hydrogen) atoms. The highest BCUT2D eigenvalue weighted by atomic mass is 79.9. The third-order valence-electron chi connectivity index (χ3n) is 3.53. The molecule has 1 aliphatic carbocycles. The van der Waals surface area contributed by atoms with Crippen LogP contribution in [-0.2, 0) is 6.61 Å². The number of ether oxygens (including phenoxy) is 1. The summed E-state index contributed by atoms with van der Waals surface area (Å²) in [7, 11) is 0. The third-order valence-corrected chi connectivity index (χ3v) is 4.02. The van der Waals surface area contributed by atoms with Crippen molar-refractivity contribution in [3.63, 3.8) is 0 Å². The van der Waals surface area contributed by atoms with Crippen molar-refractivity contribution in [3.8, 4) is 5.75 Å². The molecule has 0 unspecified atom stereocenters. The van der Waals surface area contributed by atoms with E-state index >= 15 is 0 Å². The molecule has 0 saturated heterocycles. The molecule has 1 saturated carbocycles. The van der Waals surface area contributed by atoms with Crippen LogP contribution in [-0.4, -0.2) is 9.55 Å². The minimum absolute atomic E-state index is 0.0496. The van der Waals surface area contributed by atoms with Crippen molar-refractivity contribution >= 4 is 15.9 Å². The molecule has 2 N–H and O–H groups in total. The van der Waals surface area contributed by atoms with Gasteiger partial charge in [0.05, 0.1) is 18.2 Å². The first-order chi connectivity index (χ1) is 9.65. The number of aromatic nitrogens is 2. The molecule has 3 rings (SSSR count). The second-order valence-corrected chi connectivity index (χ2v) is 6.20. The van der Waals surface area contributed by atoms with Crippen LogP contribution in [0.3, 0.4) is 0 Å². The number of halogens is 1. The van der Waals surface area contributed by atoms with Crippen LogP contribution in [0.15, 0.2) is 35.2 Å². The fourth-order valence-corrected chi connectivity index (χ4v) is 2.63. The first-order valence-electron chi connectivity index (χ1n) is 6.83. The van der Waals surface area contributed by atoms with Gasteiger partial charge in [-0.25, -0.2) is 4.98 Å². The average Bonchev–Trinajstić information content (AvgIpc) is 3.15. The van der Waals surface area contributed by atoms with Crippen molar-refractivity contribution < 1.29 is 4.74 Å². The molecule has 4 nitrogen and oxygen atoms in total. The van der Waals surface area contributed by atoms with Gasteiger partial charge in [0.15, 0.2) is 0 Å². The van der Waals surface area contributed by atoms with E-state index in [1.165, 1.54) is 12.8 Å². The third kappa shape index (κ3) is 2.88. The van der Waals surface area contributed by atoms with Gasteiger partial charge in [0.1, 0.15) is 12.4 Å². The van der Waals surface area contributed by atoms with E-state index in [2.05, 4.69) is 25.5 Å². The number of nitrogens with two attached hydrogens (primary N) is 1. The number of hydrogen-bond acceptors (Lipinski definition) is 3. The Hall–Kier alpha value is -1.33. The molecule has 0 spiro atoms. The van der Waals surface area contributed by atoms with Crippen LogP contribution in [0.25, 0.3) is 0 Å². The topological polar surface area (TPSA) is 53.1 Å². The maximum atomic E-state index is 5.99. The van der Waals surface area contributed by atoms with Gasteiger partial charge in [-0.15, -0.1) is 0 Å². The Labute approximate surface area is 127 Å². The molecule has 0 aliphatic heterocycles. The second kappa shape index (κ2) is 5.58. The monoisotopic (exact) mass is 335 g/mol. The van der Waals surface area contributed by atoms with Crippen LogP contribution in [0.1, 0.15) is 43.1 Å². The Morgan fingerprint density at radius 2 is 2.30 bits per heavy atom. The molecular formula is C15H18BrN3O. The van der Waals surface area contributed by atoms with Crippen LogP contribution >= 0.6 is 15.9 Å². The number of hydrogen-bond donors (Lipinski definition) is 1. The molecule has 2 aromatic rings.